The minimum Gasteiger partial charge on any atom is -0.360 e. The van der Waals surface area contributed by atoms with Gasteiger partial charge in [0.2, 0.25) is 0 Å². The summed E-state index contributed by atoms with van der Waals surface area (Å²) in [6.07, 6.45) is 1.73. The molecule has 140 valence electrons. The highest BCUT2D eigenvalue weighted by molar-refractivity contribution is 7.11. The van der Waals surface area contributed by atoms with E-state index in [4.69, 9.17) is 0 Å². The van der Waals surface area contributed by atoms with Gasteiger partial charge in [0.1, 0.15) is 16.6 Å². The second kappa shape index (κ2) is 8.55. The van der Waals surface area contributed by atoms with E-state index in [2.05, 4.69) is 52.8 Å². The van der Waals surface area contributed by atoms with Crippen molar-refractivity contribution in [3.8, 4) is 28.5 Å². The summed E-state index contributed by atoms with van der Waals surface area (Å²) in [5.41, 5.74) is 6.90. The van der Waals surface area contributed by atoms with E-state index < -0.39 is 0 Å². The predicted molar refractivity (Wildman–Crippen MR) is 121 cm³/mol. The number of nitrogens with one attached hydrogen (secondary N) is 1. The molecule has 4 aromatic rings. The van der Waals surface area contributed by atoms with Gasteiger partial charge in [0, 0.05) is 22.8 Å². The van der Waals surface area contributed by atoms with E-state index in [1.165, 1.54) is 22.5 Å². The van der Waals surface area contributed by atoms with Gasteiger partial charge in [-0.3, -0.25) is 0 Å². The van der Waals surface area contributed by atoms with Crippen molar-refractivity contribution in [3.63, 3.8) is 0 Å². The number of nitrogens with zero attached hydrogens (tertiary/aromatic N) is 2. The molecule has 0 saturated carbocycles. The summed E-state index contributed by atoms with van der Waals surface area (Å²) in [7, 11) is 0. The number of hydrogen-bond donors (Lipinski definition) is 1. The molecule has 0 amide bonds. The van der Waals surface area contributed by atoms with Gasteiger partial charge < -0.3 is 5.32 Å². The Morgan fingerprint density at radius 1 is 0.897 bits per heavy atom. The monoisotopic (exact) mass is 393 g/mol. The summed E-state index contributed by atoms with van der Waals surface area (Å²) in [6.45, 7) is 2.03. The fourth-order valence-electron chi connectivity index (χ4n) is 3.02. The first-order valence-electron chi connectivity index (χ1n) is 9.29. The second-order valence-corrected chi connectivity index (χ2v) is 7.47. The molecule has 0 spiro atoms. The Kier molecular flexibility index (Phi) is 5.51. The summed E-state index contributed by atoms with van der Waals surface area (Å²) in [5, 5.41) is 15.5. The highest BCUT2D eigenvalue weighted by atomic mass is 32.1. The Labute approximate surface area is 174 Å². The molecule has 1 heterocycles. The highest BCUT2D eigenvalue weighted by Gasteiger charge is 2.09. The molecule has 0 aliphatic carbocycles. The normalized spacial score (nSPS) is 11.1. The number of thiazole rings is 1. The number of aromatic nitrogens is 1. The minimum atomic E-state index is 0.519. The molecule has 0 radical (unpaired) electrons. The van der Waals surface area contributed by atoms with Crippen molar-refractivity contribution in [2.75, 3.05) is 5.32 Å². The Balaban J connectivity index is 1.55. The Hall–Kier alpha value is -3.68. The molecular weight excluding hydrogens is 374 g/mol. The van der Waals surface area contributed by atoms with E-state index in [0.717, 1.165) is 22.5 Å². The molecule has 1 N–H and O–H groups in total. The van der Waals surface area contributed by atoms with E-state index in [1.54, 1.807) is 6.20 Å². The molecule has 29 heavy (non-hydrogen) atoms. The fourth-order valence-corrected chi connectivity index (χ4v) is 3.82. The Bertz CT molecular complexity index is 1180. The highest BCUT2D eigenvalue weighted by Crippen LogP contribution is 2.28. The zero-order valence-electron chi connectivity index (χ0n) is 16.0. The Morgan fingerprint density at radius 3 is 2.28 bits per heavy atom. The van der Waals surface area contributed by atoms with Gasteiger partial charge in [-0.05, 0) is 29.7 Å². The molecule has 0 bridgehead atoms. The first kappa shape index (κ1) is 18.7. The molecule has 4 heteroatoms. The first-order valence-corrected chi connectivity index (χ1v) is 10.2. The van der Waals surface area contributed by atoms with Crippen LogP contribution < -0.4 is 5.32 Å². The van der Waals surface area contributed by atoms with Gasteiger partial charge in [-0.25, -0.2) is 4.98 Å². The standard InChI is InChI=1S/C25H19N3S/c1-18-7-5-6-10-23(18)27-16-22(15-26)25-28-24(17-29-25)21-13-11-20(12-14-21)19-8-3-2-4-9-19/h2-14,16-17,27H,1H3/b22-16+. The summed E-state index contributed by atoms with van der Waals surface area (Å²) in [5.74, 6) is 0. The number of rotatable bonds is 5. The van der Waals surface area contributed by atoms with Crippen LogP contribution in [0.2, 0.25) is 0 Å². The van der Waals surface area contributed by atoms with Gasteiger partial charge in [0.05, 0.1) is 5.69 Å². The number of nitriles is 1. The summed E-state index contributed by atoms with van der Waals surface area (Å²) >= 11 is 1.48. The number of anilines is 1. The quantitative estimate of drug-likeness (QED) is 0.381. The number of para-hydroxylation sites is 1. The van der Waals surface area contributed by atoms with Gasteiger partial charge in [-0.15, -0.1) is 11.3 Å². The number of benzene rings is 3. The van der Waals surface area contributed by atoms with Gasteiger partial charge in [0.25, 0.3) is 0 Å². The lowest BCUT2D eigenvalue weighted by Gasteiger charge is -2.05. The van der Waals surface area contributed by atoms with Crippen LogP contribution >= 0.6 is 11.3 Å². The Morgan fingerprint density at radius 2 is 1.55 bits per heavy atom. The summed E-state index contributed by atoms with van der Waals surface area (Å²) in [6, 6.07) is 28.9. The minimum absolute atomic E-state index is 0.519. The van der Waals surface area contributed by atoms with Gasteiger partial charge in [-0.2, -0.15) is 5.26 Å². The lowest BCUT2D eigenvalue weighted by Crippen LogP contribution is -1.93. The fraction of sp³-hybridized carbons (Fsp3) is 0.0400. The van der Waals surface area contributed by atoms with Crippen LogP contribution in [-0.2, 0) is 0 Å². The SMILES string of the molecule is Cc1ccccc1N/C=C(\C#N)c1nc(-c2ccc(-c3ccccc3)cc2)cs1. The first-order chi connectivity index (χ1) is 14.2. The maximum atomic E-state index is 9.58. The third kappa shape index (κ3) is 4.26. The van der Waals surface area contributed by atoms with E-state index in [1.807, 2.05) is 54.8 Å². The smallest absolute Gasteiger partial charge is 0.136 e. The van der Waals surface area contributed by atoms with Crippen LogP contribution in [0, 0.1) is 18.3 Å². The van der Waals surface area contributed by atoms with Crippen molar-refractivity contribution in [2.24, 2.45) is 0 Å². The average molecular weight is 394 g/mol. The van der Waals surface area contributed by atoms with Crippen LogP contribution in [0.5, 0.6) is 0 Å². The third-order valence-electron chi connectivity index (χ3n) is 4.66. The second-order valence-electron chi connectivity index (χ2n) is 6.61. The van der Waals surface area contributed by atoms with Crippen LogP contribution in [-0.4, -0.2) is 4.98 Å². The molecule has 0 fully saturated rings. The van der Waals surface area contributed by atoms with Crippen LogP contribution in [0.4, 0.5) is 5.69 Å². The molecule has 3 aromatic carbocycles. The topological polar surface area (TPSA) is 48.7 Å². The number of hydrogen-bond acceptors (Lipinski definition) is 4. The van der Waals surface area contributed by atoms with Crippen molar-refractivity contribution in [1.29, 1.82) is 5.26 Å². The summed E-state index contributed by atoms with van der Waals surface area (Å²) < 4.78 is 0. The lowest BCUT2D eigenvalue weighted by atomic mass is 10.0. The van der Waals surface area contributed by atoms with Crippen molar-refractivity contribution < 1.29 is 0 Å². The van der Waals surface area contributed by atoms with Crippen LogP contribution in [0.3, 0.4) is 0 Å². The molecule has 0 atom stereocenters. The van der Waals surface area contributed by atoms with Crippen molar-refractivity contribution >= 4 is 22.6 Å². The third-order valence-corrected chi connectivity index (χ3v) is 5.54. The zero-order valence-corrected chi connectivity index (χ0v) is 16.8. The van der Waals surface area contributed by atoms with E-state index in [0.29, 0.717) is 10.6 Å². The van der Waals surface area contributed by atoms with E-state index in [9.17, 15) is 5.26 Å². The molecular formula is C25H19N3S. The maximum absolute atomic E-state index is 9.58. The van der Waals surface area contributed by atoms with Crippen LogP contribution in [0.15, 0.2) is 90.4 Å². The van der Waals surface area contributed by atoms with Gasteiger partial charge in [-0.1, -0.05) is 72.8 Å². The molecule has 3 nitrogen and oxygen atoms in total. The molecule has 0 unspecified atom stereocenters. The molecule has 4 rings (SSSR count). The van der Waals surface area contributed by atoms with Gasteiger partial charge in [0.15, 0.2) is 0 Å². The largest absolute Gasteiger partial charge is 0.360 e. The molecule has 0 saturated heterocycles. The molecule has 1 aromatic heterocycles. The lowest BCUT2D eigenvalue weighted by molar-refractivity contribution is 1.36. The van der Waals surface area contributed by atoms with E-state index >= 15 is 0 Å². The van der Waals surface area contributed by atoms with Gasteiger partial charge >= 0.3 is 0 Å². The maximum Gasteiger partial charge on any atom is 0.136 e. The zero-order chi connectivity index (χ0) is 20.1. The predicted octanol–water partition coefficient (Wildman–Crippen LogP) is 6.76. The molecule has 0 aliphatic heterocycles. The van der Waals surface area contributed by atoms with E-state index in [-0.39, 0.29) is 0 Å². The van der Waals surface area contributed by atoms with Crippen molar-refractivity contribution in [1.82, 2.24) is 4.98 Å². The van der Waals surface area contributed by atoms with Crippen molar-refractivity contribution in [2.45, 2.75) is 6.92 Å². The summed E-state index contributed by atoms with van der Waals surface area (Å²) in [4.78, 5) is 4.68. The van der Waals surface area contributed by atoms with Crippen molar-refractivity contribution in [3.05, 3.63) is 101 Å². The average Bonchev–Trinajstić information content (AvgIpc) is 3.26. The number of aryl methyl sites for hydroxylation is 1. The van der Waals surface area contributed by atoms with Crippen LogP contribution in [0.1, 0.15) is 10.6 Å². The number of allylic oxidation sites excluding steroid dienone is 1. The molecule has 0 aliphatic rings. The van der Waals surface area contributed by atoms with Crippen LogP contribution in [0.25, 0.3) is 28.0 Å².